The molecule has 0 saturated heterocycles. The number of hydrogen-bond acceptors (Lipinski definition) is 2. The van der Waals surface area contributed by atoms with Crippen molar-refractivity contribution in [2.24, 2.45) is 11.8 Å². The van der Waals surface area contributed by atoms with Gasteiger partial charge in [-0.1, -0.05) is 11.6 Å². The van der Waals surface area contributed by atoms with Crippen LogP contribution >= 0.6 is 0 Å². The zero-order valence-electron chi connectivity index (χ0n) is 7.66. The van der Waals surface area contributed by atoms with Crippen LogP contribution in [0.1, 0.15) is 26.2 Å². The monoisotopic (exact) mass is 170 g/mol. The van der Waals surface area contributed by atoms with Crippen LogP contribution in [0, 0.1) is 11.8 Å². The fourth-order valence-corrected chi connectivity index (χ4v) is 1.85. The quantitative estimate of drug-likeness (QED) is 0.627. The molecule has 2 N–H and O–H groups in total. The Bertz CT molecular complexity index is 159. The summed E-state index contributed by atoms with van der Waals surface area (Å²) in [6, 6.07) is 0. The maximum absolute atomic E-state index is 8.98. The smallest absolute Gasteiger partial charge is 0.0486 e. The molecule has 1 atom stereocenters. The number of allylic oxidation sites excluding steroid dienone is 2. The SMILES string of the molecule is CC1=CC(C(CO)CO)CCC1. The summed E-state index contributed by atoms with van der Waals surface area (Å²) in [7, 11) is 0. The maximum atomic E-state index is 8.98. The van der Waals surface area contributed by atoms with Crippen LogP contribution in [0.4, 0.5) is 0 Å². The summed E-state index contributed by atoms with van der Waals surface area (Å²) in [4.78, 5) is 0. The van der Waals surface area contributed by atoms with E-state index >= 15 is 0 Å². The Hall–Kier alpha value is -0.340. The molecule has 0 saturated carbocycles. The first kappa shape index (κ1) is 9.75. The largest absolute Gasteiger partial charge is 0.396 e. The minimum absolute atomic E-state index is 0.0558. The van der Waals surface area contributed by atoms with Crippen LogP contribution in [-0.2, 0) is 0 Å². The molecule has 0 aromatic heterocycles. The predicted molar refractivity (Wildman–Crippen MR) is 48.8 cm³/mol. The van der Waals surface area contributed by atoms with Gasteiger partial charge < -0.3 is 10.2 Å². The lowest BCUT2D eigenvalue weighted by atomic mass is 9.83. The Kier molecular flexibility index (Phi) is 3.76. The van der Waals surface area contributed by atoms with Crippen LogP contribution in [0.25, 0.3) is 0 Å². The van der Waals surface area contributed by atoms with Crippen molar-refractivity contribution in [1.82, 2.24) is 0 Å². The number of aliphatic hydroxyl groups is 2. The molecule has 70 valence electrons. The van der Waals surface area contributed by atoms with Crippen LogP contribution < -0.4 is 0 Å². The molecule has 0 amide bonds. The highest BCUT2D eigenvalue weighted by molar-refractivity contribution is 5.06. The van der Waals surface area contributed by atoms with Gasteiger partial charge in [0.15, 0.2) is 0 Å². The second-order valence-electron chi connectivity index (χ2n) is 3.69. The van der Waals surface area contributed by atoms with Gasteiger partial charge in [-0.05, 0) is 32.1 Å². The van der Waals surface area contributed by atoms with Gasteiger partial charge in [-0.2, -0.15) is 0 Å². The van der Waals surface area contributed by atoms with Crippen molar-refractivity contribution in [3.8, 4) is 0 Å². The molecule has 0 aliphatic heterocycles. The van der Waals surface area contributed by atoms with E-state index in [9.17, 15) is 0 Å². The lowest BCUT2D eigenvalue weighted by Gasteiger charge is -2.25. The first-order chi connectivity index (χ1) is 5.77. The standard InChI is InChI=1S/C10H18O2/c1-8-3-2-4-9(5-8)10(6-11)7-12/h5,9-12H,2-4,6-7H2,1H3. The van der Waals surface area contributed by atoms with E-state index in [4.69, 9.17) is 10.2 Å². The summed E-state index contributed by atoms with van der Waals surface area (Å²) in [6.07, 6.45) is 5.70. The number of aliphatic hydroxyl groups excluding tert-OH is 2. The van der Waals surface area contributed by atoms with Gasteiger partial charge in [0.25, 0.3) is 0 Å². The molecule has 12 heavy (non-hydrogen) atoms. The zero-order chi connectivity index (χ0) is 8.97. The molecule has 0 spiro atoms. The Labute approximate surface area is 73.9 Å². The maximum Gasteiger partial charge on any atom is 0.0486 e. The van der Waals surface area contributed by atoms with Crippen molar-refractivity contribution in [3.05, 3.63) is 11.6 Å². The summed E-state index contributed by atoms with van der Waals surface area (Å²) in [5.41, 5.74) is 1.40. The van der Waals surface area contributed by atoms with Crippen molar-refractivity contribution in [1.29, 1.82) is 0 Å². The third-order valence-electron chi connectivity index (χ3n) is 2.68. The van der Waals surface area contributed by atoms with Crippen LogP contribution in [0.2, 0.25) is 0 Å². The first-order valence-corrected chi connectivity index (χ1v) is 4.67. The van der Waals surface area contributed by atoms with Gasteiger partial charge in [-0.25, -0.2) is 0 Å². The summed E-state index contributed by atoms with van der Waals surface area (Å²) < 4.78 is 0. The Morgan fingerprint density at radius 3 is 2.67 bits per heavy atom. The summed E-state index contributed by atoms with van der Waals surface area (Å²) in [6.45, 7) is 2.33. The van der Waals surface area contributed by atoms with E-state index < -0.39 is 0 Å². The fraction of sp³-hybridized carbons (Fsp3) is 0.800. The van der Waals surface area contributed by atoms with E-state index in [0.717, 1.165) is 6.42 Å². The van der Waals surface area contributed by atoms with E-state index in [1.54, 1.807) is 0 Å². The molecule has 0 fully saturated rings. The normalized spacial score (nSPS) is 24.3. The molecular weight excluding hydrogens is 152 g/mol. The second-order valence-corrected chi connectivity index (χ2v) is 3.69. The van der Waals surface area contributed by atoms with Crippen molar-refractivity contribution in [2.75, 3.05) is 13.2 Å². The Morgan fingerprint density at radius 2 is 2.17 bits per heavy atom. The topological polar surface area (TPSA) is 40.5 Å². The molecule has 1 aliphatic carbocycles. The molecular formula is C10H18O2. The molecule has 0 aromatic carbocycles. The lowest BCUT2D eigenvalue weighted by Crippen LogP contribution is -2.22. The van der Waals surface area contributed by atoms with Crippen molar-refractivity contribution in [2.45, 2.75) is 26.2 Å². The fourth-order valence-electron chi connectivity index (χ4n) is 1.85. The van der Waals surface area contributed by atoms with Crippen LogP contribution in [0.5, 0.6) is 0 Å². The second kappa shape index (κ2) is 4.63. The predicted octanol–water partition coefficient (Wildman–Crippen LogP) is 1.33. The zero-order valence-corrected chi connectivity index (χ0v) is 7.66. The van der Waals surface area contributed by atoms with E-state index in [2.05, 4.69) is 13.0 Å². The van der Waals surface area contributed by atoms with Crippen LogP contribution in [0.15, 0.2) is 11.6 Å². The van der Waals surface area contributed by atoms with Crippen molar-refractivity contribution >= 4 is 0 Å². The van der Waals surface area contributed by atoms with Gasteiger partial charge in [0.1, 0.15) is 0 Å². The van der Waals surface area contributed by atoms with Gasteiger partial charge in [0.05, 0.1) is 0 Å². The molecule has 2 heteroatoms. The molecule has 1 aliphatic rings. The highest BCUT2D eigenvalue weighted by Crippen LogP contribution is 2.27. The third kappa shape index (κ3) is 2.32. The number of hydrogen-bond donors (Lipinski definition) is 2. The Balaban J connectivity index is 2.54. The number of rotatable bonds is 3. The van der Waals surface area contributed by atoms with Gasteiger partial charge in [-0.15, -0.1) is 0 Å². The molecule has 1 unspecified atom stereocenters. The van der Waals surface area contributed by atoms with Gasteiger partial charge >= 0.3 is 0 Å². The minimum Gasteiger partial charge on any atom is -0.396 e. The first-order valence-electron chi connectivity index (χ1n) is 4.67. The van der Waals surface area contributed by atoms with Crippen molar-refractivity contribution < 1.29 is 10.2 Å². The molecule has 0 bridgehead atoms. The van der Waals surface area contributed by atoms with E-state index in [0.29, 0.717) is 5.92 Å². The van der Waals surface area contributed by atoms with E-state index in [-0.39, 0.29) is 19.1 Å². The van der Waals surface area contributed by atoms with E-state index in [1.165, 1.54) is 18.4 Å². The van der Waals surface area contributed by atoms with Gasteiger partial charge in [0.2, 0.25) is 0 Å². The summed E-state index contributed by atoms with van der Waals surface area (Å²) in [5.74, 6) is 0.453. The third-order valence-corrected chi connectivity index (χ3v) is 2.68. The summed E-state index contributed by atoms with van der Waals surface area (Å²) in [5, 5.41) is 18.0. The molecule has 2 nitrogen and oxygen atoms in total. The lowest BCUT2D eigenvalue weighted by molar-refractivity contribution is 0.116. The van der Waals surface area contributed by atoms with Crippen LogP contribution in [0.3, 0.4) is 0 Å². The molecule has 1 rings (SSSR count). The molecule has 0 aromatic rings. The van der Waals surface area contributed by atoms with Crippen LogP contribution in [-0.4, -0.2) is 23.4 Å². The average Bonchev–Trinajstić information content (AvgIpc) is 2.07. The molecule has 0 radical (unpaired) electrons. The Morgan fingerprint density at radius 1 is 1.50 bits per heavy atom. The van der Waals surface area contributed by atoms with Gasteiger partial charge in [0, 0.05) is 19.1 Å². The highest BCUT2D eigenvalue weighted by Gasteiger charge is 2.20. The molecule has 0 heterocycles. The highest BCUT2D eigenvalue weighted by atomic mass is 16.3. The van der Waals surface area contributed by atoms with Gasteiger partial charge in [-0.3, -0.25) is 0 Å². The average molecular weight is 170 g/mol. The van der Waals surface area contributed by atoms with Crippen molar-refractivity contribution in [3.63, 3.8) is 0 Å². The van der Waals surface area contributed by atoms with E-state index in [1.807, 2.05) is 0 Å². The summed E-state index contributed by atoms with van der Waals surface area (Å²) >= 11 is 0. The minimum atomic E-state index is 0.0558.